The fraction of sp³-hybridized carbons (Fsp3) is 0.514. The van der Waals surface area contributed by atoms with Crippen molar-refractivity contribution in [3.63, 3.8) is 0 Å². The van der Waals surface area contributed by atoms with E-state index in [9.17, 15) is 14.4 Å². The molecule has 8 rings (SSSR count). The van der Waals surface area contributed by atoms with Crippen molar-refractivity contribution in [1.82, 2.24) is 49.7 Å². The van der Waals surface area contributed by atoms with Crippen LogP contribution in [0.25, 0.3) is 22.8 Å². The summed E-state index contributed by atoms with van der Waals surface area (Å²) in [5.41, 5.74) is 18.2. The Morgan fingerprint density at radius 2 is 1.58 bits per heavy atom. The number of aromatic nitrogens is 8. The molecule has 2 aliphatic heterocycles. The maximum atomic E-state index is 12.8. The summed E-state index contributed by atoms with van der Waals surface area (Å²) in [6.45, 7) is 8.42. The van der Waals surface area contributed by atoms with Gasteiger partial charge in [0.05, 0.1) is 35.0 Å². The van der Waals surface area contributed by atoms with Gasteiger partial charge in [-0.15, -0.1) is 0 Å². The van der Waals surface area contributed by atoms with Crippen molar-refractivity contribution >= 4 is 29.8 Å². The fourth-order valence-electron chi connectivity index (χ4n) is 7.83. The second kappa shape index (κ2) is 13.1. The van der Waals surface area contributed by atoms with Crippen LogP contribution in [0.15, 0.2) is 6.20 Å². The predicted octanol–water partition coefficient (Wildman–Crippen LogP) is 1.17. The zero-order chi connectivity index (χ0) is 37.2. The number of nitrogens with one attached hydrogen (secondary N) is 3. The van der Waals surface area contributed by atoms with Crippen LogP contribution in [0.4, 0.5) is 16.7 Å². The van der Waals surface area contributed by atoms with Crippen molar-refractivity contribution in [3.05, 3.63) is 45.5 Å². The van der Waals surface area contributed by atoms with Crippen molar-refractivity contribution in [3.8, 4) is 22.8 Å². The smallest absolute Gasteiger partial charge is 0.410 e. The van der Waals surface area contributed by atoms with E-state index in [1.54, 1.807) is 27.5 Å². The highest BCUT2D eigenvalue weighted by molar-refractivity contribution is 5.95. The standard InChI is InChI=1S/C35H44N14O4/c1-35(2,3)53-34(52)48-12-10-19(15-48)41-32-39-13-17-5-6-22-27(31(37)51)46-49(29(22)24(17)43-32)16-23-20-7-8-21-26(30(36)50)45-47(4)28(21)25(20)44-33(42-23)40-18-9-11-38-14-18/h13,18-19,38H,5-12,14-16H2,1-4H3,(H2,36,50)(H2,37,51)(H,39,41,43)(H,40,42,44). The maximum absolute atomic E-state index is 12.8. The molecule has 4 aromatic heterocycles. The lowest BCUT2D eigenvalue weighted by molar-refractivity contribution is 0.0293. The summed E-state index contributed by atoms with van der Waals surface area (Å²) in [6.07, 6.45) is 5.32. The Morgan fingerprint density at radius 3 is 2.32 bits per heavy atom. The van der Waals surface area contributed by atoms with Gasteiger partial charge in [0.25, 0.3) is 11.8 Å². The van der Waals surface area contributed by atoms with Gasteiger partial charge in [-0.1, -0.05) is 0 Å². The summed E-state index contributed by atoms with van der Waals surface area (Å²) in [7, 11) is 1.78. The SMILES string of the molecule is Cn1nc(C(N)=O)c2c1-c1nc(NC3CCNC3)nc(Cn3nc(C(N)=O)c4c3-c3nc(NC5CCN(C(=O)OC(C)(C)C)C5)ncc3CC4)c1CC2. The molecular formula is C35H44N14O4. The van der Waals surface area contributed by atoms with Crippen molar-refractivity contribution in [2.24, 2.45) is 18.5 Å². The predicted molar refractivity (Wildman–Crippen MR) is 193 cm³/mol. The van der Waals surface area contributed by atoms with Gasteiger partial charge in [0.2, 0.25) is 11.9 Å². The number of likely N-dealkylation sites (tertiary alicyclic amines) is 1. The second-order valence-corrected chi connectivity index (χ2v) is 15.1. The third-order valence-electron chi connectivity index (χ3n) is 10.2. The molecule has 3 amide bonds. The molecule has 4 aromatic rings. The Morgan fingerprint density at radius 1 is 0.887 bits per heavy atom. The summed E-state index contributed by atoms with van der Waals surface area (Å²) >= 11 is 0. The molecule has 2 unspecified atom stereocenters. The maximum Gasteiger partial charge on any atom is 0.410 e. The highest BCUT2D eigenvalue weighted by Gasteiger charge is 2.35. The molecule has 0 aromatic carbocycles. The molecular weight excluding hydrogens is 680 g/mol. The number of fused-ring (bicyclic) bond motifs is 6. The molecule has 278 valence electrons. The lowest BCUT2D eigenvalue weighted by Crippen LogP contribution is -2.36. The average Bonchev–Trinajstić information content (AvgIpc) is 3.91. The van der Waals surface area contributed by atoms with E-state index < -0.39 is 17.4 Å². The summed E-state index contributed by atoms with van der Waals surface area (Å²) in [5, 5.41) is 19.5. The number of anilines is 2. The van der Waals surface area contributed by atoms with Crippen molar-refractivity contribution in [1.29, 1.82) is 0 Å². The molecule has 4 aliphatic rings. The first-order chi connectivity index (χ1) is 25.3. The minimum atomic E-state index is -0.622. The van der Waals surface area contributed by atoms with E-state index in [1.165, 1.54) is 0 Å². The highest BCUT2D eigenvalue weighted by Crippen LogP contribution is 2.38. The number of rotatable bonds is 8. The van der Waals surface area contributed by atoms with Crippen molar-refractivity contribution < 1.29 is 19.1 Å². The molecule has 0 radical (unpaired) electrons. The van der Waals surface area contributed by atoms with Gasteiger partial charge in [0.1, 0.15) is 5.60 Å². The van der Waals surface area contributed by atoms with E-state index in [1.807, 2.05) is 20.8 Å². The average molecular weight is 725 g/mol. The molecule has 18 nitrogen and oxygen atoms in total. The summed E-state index contributed by atoms with van der Waals surface area (Å²) in [4.78, 5) is 59.1. The number of hydrogen-bond acceptors (Lipinski definition) is 13. The highest BCUT2D eigenvalue weighted by atomic mass is 16.6. The molecule has 0 saturated carbocycles. The van der Waals surface area contributed by atoms with Gasteiger partial charge in [-0.25, -0.2) is 24.7 Å². The molecule has 6 heterocycles. The summed E-state index contributed by atoms with van der Waals surface area (Å²) in [5.74, 6) is -0.348. The second-order valence-electron chi connectivity index (χ2n) is 15.1. The van der Waals surface area contributed by atoms with E-state index in [2.05, 4.69) is 26.0 Å². The number of primary amides is 2. The first-order valence-electron chi connectivity index (χ1n) is 18.1. The fourth-order valence-corrected chi connectivity index (χ4v) is 7.83. The molecule has 0 bridgehead atoms. The van der Waals surface area contributed by atoms with Crippen LogP contribution in [0.5, 0.6) is 0 Å². The number of aryl methyl sites for hydroxylation is 2. The Labute approximate surface area is 305 Å². The van der Waals surface area contributed by atoms with Gasteiger partial charge in [-0.3, -0.25) is 19.0 Å². The van der Waals surface area contributed by atoms with Crippen LogP contribution >= 0.6 is 0 Å². The minimum absolute atomic E-state index is 0.0739. The molecule has 7 N–H and O–H groups in total. The Hall–Kier alpha value is -5.65. The third kappa shape index (κ3) is 6.51. The molecule has 2 atom stereocenters. The van der Waals surface area contributed by atoms with Crippen LogP contribution in [-0.4, -0.2) is 106 Å². The number of carbonyl (C=O) groups is 3. The Balaban J connectivity index is 1.16. The lowest BCUT2D eigenvalue weighted by Gasteiger charge is -2.24. The minimum Gasteiger partial charge on any atom is -0.444 e. The van der Waals surface area contributed by atoms with E-state index in [0.29, 0.717) is 79.9 Å². The molecule has 18 heteroatoms. The molecule has 2 saturated heterocycles. The van der Waals surface area contributed by atoms with Crippen LogP contribution in [0.2, 0.25) is 0 Å². The van der Waals surface area contributed by atoms with Gasteiger partial charge in [-0.2, -0.15) is 10.2 Å². The van der Waals surface area contributed by atoms with Crippen LogP contribution in [-0.2, 0) is 44.0 Å². The summed E-state index contributed by atoms with van der Waals surface area (Å²) < 4.78 is 8.99. The van der Waals surface area contributed by atoms with Gasteiger partial charge in [0.15, 0.2) is 11.4 Å². The molecule has 53 heavy (non-hydrogen) atoms. The first-order valence-corrected chi connectivity index (χ1v) is 18.1. The van der Waals surface area contributed by atoms with Crippen LogP contribution in [0.3, 0.4) is 0 Å². The Kier molecular flexibility index (Phi) is 8.50. The molecule has 0 spiro atoms. The zero-order valence-electron chi connectivity index (χ0n) is 30.3. The summed E-state index contributed by atoms with van der Waals surface area (Å²) in [6, 6.07) is 0.0661. The van der Waals surface area contributed by atoms with Crippen LogP contribution in [0.1, 0.15) is 82.5 Å². The first kappa shape index (κ1) is 34.4. The Bertz CT molecular complexity index is 2140. The van der Waals surface area contributed by atoms with Gasteiger partial charge >= 0.3 is 6.09 Å². The quantitative estimate of drug-likeness (QED) is 0.172. The van der Waals surface area contributed by atoms with Crippen molar-refractivity contribution in [2.45, 2.75) is 83.5 Å². The van der Waals surface area contributed by atoms with Crippen LogP contribution < -0.4 is 27.4 Å². The van der Waals surface area contributed by atoms with E-state index in [4.69, 9.17) is 36.3 Å². The van der Waals surface area contributed by atoms with Gasteiger partial charge < -0.3 is 37.1 Å². The topological polar surface area (TPSA) is 239 Å². The van der Waals surface area contributed by atoms with Gasteiger partial charge in [0, 0.05) is 61.7 Å². The van der Waals surface area contributed by atoms with Crippen molar-refractivity contribution in [2.75, 3.05) is 36.8 Å². The van der Waals surface area contributed by atoms with E-state index >= 15 is 0 Å². The molecule has 2 aliphatic carbocycles. The number of hydrogen-bond donors (Lipinski definition) is 5. The van der Waals surface area contributed by atoms with Crippen LogP contribution in [0, 0.1) is 0 Å². The largest absolute Gasteiger partial charge is 0.444 e. The monoisotopic (exact) mass is 724 g/mol. The van der Waals surface area contributed by atoms with Gasteiger partial charge in [-0.05, 0) is 71.4 Å². The number of carbonyl (C=O) groups excluding carboxylic acids is 3. The number of nitrogens with two attached hydrogens (primary N) is 2. The normalized spacial score (nSPS) is 18.9. The van der Waals surface area contributed by atoms with E-state index in [-0.39, 0.29) is 36.1 Å². The number of amides is 3. The third-order valence-corrected chi connectivity index (χ3v) is 10.2. The zero-order valence-corrected chi connectivity index (χ0v) is 30.3. The molecule has 2 fully saturated rings. The number of nitrogens with zero attached hydrogens (tertiary/aromatic N) is 9. The lowest BCUT2D eigenvalue weighted by atomic mass is 9.90. The van der Waals surface area contributed by atoms with E-state index in [0.717, 1.165) is 47.5 Å². The number of ether oxygens (including phenoxy) is 1.